The van der Waals surface area contributed by atoms with Crippen LogP contribution in [0.3, 0.4) is 0 Å². The highest BCUT2D eigenvalue weighted by atomic mass is 35.5. The number of hydrogen-bond acceptors (Lipinski definition) is 6. The summed E-state index contributed by atoms with van der Waals surface area (Å²) in [6, 6.07) is 13.9. The third-order valence-electron chi connectivity index (χ3n) is 6.59. The molecule has 0 spiro atoms. The normalized spacial score (nSPS) is 23.3. The summed E-state index contributed by atoms with van der Waals surface area (Å²) in [5.41, 5.74) is 3.11. The van der Waals surface area contributed by atoms with E-state index in [1.807, 2.05) is 30.3 Å². The lowest BCUT2D eigenvalue weighted by atomic mass is 9.94. The average molecular weight is 490 g/mol. The van der Waals surface area contributed by atoms with Gasteiger partial charge in [0, 0.05) is 24.4 Å². The summed E-state index contributed by atoms with van der Waals surface area (Å²) in [6.07, 6.45) is 3.23. The van der Waals surface area contributed by atoms with Gasteiger partial charge >= 0.3 is 0 Å². The first-order valence-electron chi connectivity index (χ1n) is 12.4. The lowest BCUT2D eigenvalue weighted by Gasteiger charge is -2.32. The van der Waals surface area contributed by atoms with E-state index in [1.165, 1.54) is 25.9 Å². The molecule has 6 nitrogen and oxygen atoms in total. The fraction of sp³-hybridized carbons (Fsp3) is 0.556. The number of nitrogens with zero attached hydrogens (tertiary/aromatic N) is 1. The Balaban J connectivity index is 1.25. The van der Waals surface area contributed by atoms with Gasteiger partial charge < -0.3 is 29.3 Å². The molecule has 2 aromatic rings. The standard InChI is InChI=1S/C27H36ClNO5/c28-26-8-5-21(27-18-23(31)17-25(19-30)34-27)16-22(26)15-20-3-6-24(7-4-20)33-14-13-32-12-11-29-9-1-2-10-29/h3-8,16,23,25,27,30-31H,1-2,9-15,17-19H2. The zero-order chi connectivity index (χ0) is 23.8. The monoisotopic (exact) mass is 489 g/mol. The number of benzene rings is 2. The fourth-order valence-corrected chi connectivity index (χ4v) is 4.88. The van der Waals surface area contributed by atoms with Crippen LogP contribution in [0.2, 0.25) is 5.02 Å². The van der Waals surface area contributed by atoms with E-state index in [-0.39, 0.29) is 18.8 Å². The number of ether oxygens (including phenoxy) is 3. The number of likely N-dealkylation sites (tertiary alicyclic amines) is 1. The minimum absolute atomic E-state index is 0.0901. The average Bonchev–Trinajstić information content (AvgIpc) is 3.37. The summed E-state index contributed by atoms with van der Waals surface area (Å²) in [5, 5.41) is 20.3. The highest BCUT2D eigenvalue weighted by Crippen LogP contribution is 2.33. The molecular weight excluding hydrogens is 454 g/mol. The smallest absolute Gasteiger partial charge is 0.119 e. The predicted molar refractivity (Wildman–Crippen MR) is 133 cm³/mol. The maximum absolute atomic E-state index is 10.1. The summed E-state index contributed by atoms with van der Waals surface area (Å²) in [6.45, 7) is 5.20. The van der Waals surface area contributed by atoms with Crippen molar-refractivity contribution in [3.8, 4) is 5.75 Å². The third kappa shape index (κ3) is 7.41. The molecule has 0 saturated carbocycles. The quantitative estimate of drug-likeness (QED) is 0.465. The largest absolute Gasteiger partial charge is 0.491 e. The van der Waals surface area contributed by atoms with E-state index in [0.717, 1.165) is 35.6 Å². The van der Waals surface area contributed by atoms with Gasteiger partial charge in [0.25, 0.3) is 0 Å². The van der Waals surface area contributed by atoms with E-state index >= 15 is 0 Å². The Hall–Kier alpha value is -1.67. The molecule has 0 aromatic heterocycles. The molecule has 0 radical (unpaired) electrons. The van der Waals surface area contributed by atoms with E-state index in [1.54, 1.807) is 0 Å². The molecule has 2 fully saturated rings. The lowest BCUT2D eigenvalue weighted by Crippen LogP contribution is -2.33. The molecule has 3 atom stereocenters. The Morgan fingerprint density at radius 2 is 1.79 bits per heavy atom. The second-order valence-corrected chi connectivity index (χ2v) is 9.64. The first-order valence-corrected chi connectivity index (χ1v) is 12.7. The van der Waals surface area contributed by atoms with Crippen LogP contribution in [-0.2, 0) is 15.9 Å². The first-order chi connectivity index (χ1) is 16.6. The Labute approximate surface area is 207 Å². The van der Waals surface area contributed by atoms with Gasteiger partial charge in [0.2, 0.25) is 0 Å². The zero-order valence-corrected chi connectivity index (χ0v) is 20.5. The van der Waals surface area contributed by atoms with Crippen molar-refractivity contribution in [2.24, 2.45) is 0 Å². The van der Waals surface area contributed by atoms with E-state index in [0.29, 0.717) is 37.5 Å². The van der Waals surface area contributed by atoms with Crippen molar-refractivity contribution >= 4 is 11.6 Å². The van der Waals surface area contributed by atoms with E-state index in [9.17, 15) is 10.2 Å². The van der Waals surface area contributed by atoms with Crippen LogP contribution in [0, 0.1) is 0 Å². The van der Waals surface area contributed by atoms with Crippen LogP contribution < -0.4 is 4.74 Å². The molecule has 0 aliphatic carbocycles. The molecule has 3 unspecified atom stereocenters. The second-order valence-electron chi connectivity index (χ2n) is 9.24. The molecule has 2 aromatic carbocycles. The van der Waals surface area contributed by atoms with Crippen molar-refractivity contribution in [3.63, 3.8) is 0 Å². The maximum Gasteiger partial charge on any atom is 0.119 e. The number of rotatable bonds is 11. The van der Waals surface area contributed by atoms with Crippen LogP contribution in [0.1, 0.15) is 48.5 Å². The SMILES string of the molecule is OCC1CC(O)CC(c2ccc(Cl)c(Cc3ccc(OCCOCCN4CCCC4)cc3)c2)O1. The molecule has 186 valence electrons. The van der Waals surface area contributed by atoms with Gasteiger partial charge in [0.15, 0.2) is 0 Å². The van der Waals surface area contributed by atoms with Crippen LogP contribution in [-0.4, -0.2) is 73.4 Å². The zero-order valence-electron chi connectivity index (χ0n) is 19.7. The number of halogens is 1. The molecular formula is C27H36ClNO5. The van der Waals surface area contributed by atoms with Gasteiger partial charge in [-0.05, 0) is 67.2 Å². The number of aliphatic hydroxyl groups excluding tert-OH is 2. The maximum atomic E-state index is 10.1. The Morgan fingerprint density at radius 3 is 2.56 bits per heavy atom. The van der Waals surface area contributed by atoms with Gasteiger partial charge in [-0.25, -0.2) is 0 Å². The molecule has 34 heavy (non-hydrogen) atoms. The molecule has 0 amide bonds. The van der Waals surface area contributed by atoms with Gasteiger partial charge in [0.1, 0.15) is 12.4 Å². The molecule has 2 heterocycles. The van der Waals surface area contributed by atoms with Crippen molar-refractivity contribution in [1.82, 2.24) is 4.90 Å². The summed E-state index contributed by atoms with van der Waals surface area (Å²) in [7, 11) is 0. The van der Waals surface area contributed by atoms with E-state index in [4.69, 9.17) is 25.8 Å². The van der Waals surface area contributed by atoms with Gasteiger partial charge in [-0.15, -0.1) is 0 Å². The molecule has 2 aliphatic heterocycles. The second kappa shape index (κ2) is 12.9. The van der Waals surface area contributed by atoms with Crippen LogP contribution in [0.4, 0.5) is 0 Å². The van der Waals surface area contributed by atoms with Crippen LogP contribution in [0.5, 0.6) is 5.75 Å². The summed E-state index contributed by atoms with van der Waals surface area (Å²) in [4.78, 5) is 2.44. The molecule has 2 aliphatic rings. The van der Waals surface area contributed by atoms with Gasteiger partial charge in [-0.1, -0.05) is 35.9 Å². The summed E-state index contributed by atoms with van der Waals surface area (Å²) < 4.78 is 17.5. The van der Waals surface area contributed by atoms with E-state index < -0.39 is 6.10 Å². The van der Waals surface area contributed by atoms with Gasteiger partial charge in [-0.3, -0.25) is 0 Å². The van der Waals surface area contributed by atoms with Crippen LogP contribution in [0.25, 0.3) is 0 Å². The van der Waals surface area contributed by atoms with Crippen LogP contribution >= 0.6 is 11.6 Å². The minimum Gasteiger partial charge on any atom is -0.491 e. The minimum atomic E-state index is -0.474. The van der Waals surface area contributed by atoms with Gasteiger partial charge in [0.05, 0.1) is 38.1 Å². The third-order valence-corrected chi connectivity index (χ3v) is 6.96. The highest BCUT2D eigenvalue weighted by Gasteiger charge is 2.29. The molecule has 7 heteroatoms. The molecule has 2 N–H and O–H groups in total. The fourth-order valence-electron chi connectivity index (χ4n) is 4.70. The summed E-state index contributed by atoms with van der Waals surface area (Å²) in [5.74, 6) is 0.825. The van der Waals surface area contributed by atoms with Crippen molar-refractivity contribution < 1.29 is 24.4 Å². The van der Waals surface area contributed by atoms with E-state index in [2.05, 4.69) is 17.0 Å². The van der Waals surface area contributed by atoms with Crippen molar-refractivity contribution in [2.75, 3.05) is 46.1 Å². The summed E-state index contributed by atoms with van der Waals surface area (Å²) >= 11 is 6.48. The Morgan fingerprint density at radius 1 is 1.00 bits per heavy atom. The Bertz CT molecular complexity index is 887. The van der Waals surface area contributed by atoms with Crippen molar-refractivity contribution in [1.29, 1.82) is 0 Å². The highest BCUT2D eigenvalue weighted by molar-refractivity contribution is 6.31. The molecule has 0 bridgehead atoms. The van der Waals surface area contributed by atoms with Crippen LogP contribution in [0.15, 0.2) is 42.5 Å². The first kappa shape index (κ1) is 25.4. The van der Waals surface area contributed by atoms with Gasteiger partial charge in [-0.2, -0.15) is 0 Å². The topological polar surface area (TPSA) is 71.4 Å². The van der Waals surface area contributed by atoms with Crippen molar-refractivity contribution in [2.45, 2.75) is 50.4 Å². The molecule has 2 saturated heterocycles. The van der Waals surface area contributed by atoms with Crippen molar-refractivity contribution in [3.05, 3.63) is 64.2 Å². The number of aliphatic hydroxyl groups is 2. The number of hydrogen-bond donors (Lipinski definition) is 2. The Kier molecular flexibility index (Phi) is 9.62. The molecule has 4 rings (SSSR count). The predicted octanol–water partition coefficient (Wildman–Crippen LogP) is 4.00. The lowest BCUT2D eigenvalue weighted by molar-refractivity contribution is -0.113.